The van der Waals surface area contributed by atoms with Gasteiger partial charge in [0.1, 0.15) is 0 Å². The molecule has 2 aromatic rings. The number of carboxylic acids is 1. The van der Waals surface area contributed by atoms with Gasteiger partial charge in [0, 0.05) is 6.54 Å². The minimum Gasteiger partial charge on any atom is -0.481 e. The van der Waals surface area contributed by atoms with E-state index < -0.39 is 54.2 Å². The van der Waals surface area contributed by atoms with Crippen molar-refractivity contribution in [3.8, 4) is 0 Å². The van der Waals surface area contributed by atoms with Crippen molar-refractivity contribution in [2.24, 2.45) is 11.3 Å². The van der Waals surface area contributed by atoms with Crippen molar-refractivity contribution < 1.29 is 37.8 Å². The molecular weight excluding hydrogens is 487 g/mol. The molecule has 3 unspecified atom stereocenters. The van der Waals surface area contributed by atoms with Crippen LogP contribution in [0.5, 0.6) is 0 Å². The van der Waals surface area contributed by atoms with Gasteiger partial charge in [-0.3, -0.25) is 19.3 Å². The number of carbonyl (C=O) groups excluding carboxylic acids is 2. The lowest BCUT2D eigenvalue weighted by Crippen LogP contribution is -2.40. The number of allylic oxidation sites excluding steroid dienone is 4. The van der Waals surface area contributed by atoms with Crippen LogP contribution in [0.25, 0.3) is 5.57 Å². The highest BCUT2D eigenvalue weighted by molar-refractivity contribution is 6.21. The summed E-state index contributed by atoms with van der Waals surface area (Å²) in [7, 11) is 0. The largest absolute Gasteiger partial charge is 0.481 e. The quantitative estimate of drug-likeness (QED) is 0.455. The van der Waals surface area contributed by atoms with Crippen LogP contribution in [0.3, 0.4) is 0 Å². The van der Waals surface area contributed by atoms with Crippen molar-refractivity contribution in [3.63, 3.8) is 0 Å². The lowest BCUT2D eigenvalue weighted by molar-refractivity contribution is -0.209. The van der Waals surface area contributed by atoms with Gasteiger partial charge in [-0.25, -0.2) is 0 Å². The van der Waals surface area contributed by atoms with Crippen LogP contribution < -0.4 is 0 Å². The predicted octanol–water partition coefficient (Wildman–Crippen LogP) is 5.11. The van der Waals surface area contributed by atoms with E-state index >= 15 is 0 Å². The lowest BCUT2D eigenvalue weighted by Gasteiger charge is -2.35. The molecule has 0 radical (unpaired) electrons. The second-order valence-corrected chi connectivity index (χ2v) is 9.36. The molecule has 194 valence electrons. The highest BCUT2D eigenvalue weighted by atomic mass is 19.4. The number of rotatable bonds is 9. The van der Waals surface area contributed by atoms with Crippen molar-refractivity contribution in [1.82, 2.24) is 4.90 Å². The maximum absolute atomic E-state index is 14.1. The number of aliphatic hydroxyl groups is 1. The molecule has 0 bridgehead atoms. The Morgan fingerprint density at radius 3 is 2.08 bits per heavy atom. The van der Waals surface area contributed by atoms with Crippen LogP contribution in [0.2, 0.25) is 0 Å². The maximum atomic E-state index is 14.1. The smallest absolute Gasteiger partial charge is 0.398 e. The van der Waals surface area contributed by atoms with E-state index in [1.54, 1.807) is 36.4 Å². The first-order valence-corrected chi connectivity index (χ1v) is 11.9. The van der Waals surface area contributed by atoms with Crippen LogP contribution in [-0.4, -0.2) is 51.7 Å². The molecule has 0 fully saturated rings. The Hall–Kier alpha value is -3.72. The van der Waals surface area contributed by atoms with Crippen LogP contribution in [-0.2, 0) is 4.79 Å². The fourth-order valence-corrected chi connectivity index (χ4v) is 4.86. The number of aliphatic carboxylic acids is 1. The molecular formula is C28H26F3NO5. The third-order valence-electron chi connectivity index (χ3n) is 7.15. The minimum atomic E-state index is -4.61. The van der Waals surface area contributed by atoms with Gasteiger partial charge in [-0.15, -0.1) is 0 Å². The van der Waals surface area contributed by atoms with Gasteiger partial charge in [0.15, 0.2) is 0 Å². The van der Waals surface area contributed by atoms with Gasteiger partial charge in [-0.2, -0.15) is 13.2 Å². The fraction of sp³-hybridized carbons (Fsp3) is 0.321. The van der Waals surface area contributed by atoms with Gasteiger partial charge < -0.3 is 10.2 Å². The van der Waals surface area contributed by atoms with E-state index in [9.17, 15) is 37.8 Å². The molecule has 0 aromatic heterocycles. The number of nitrogens with zero attached hydrogens (tertiary/aromatic N) is 1. The van der Waals surface area contributed by atoms with Crippen molar-refractivity contribution in [3.05, 3.63) is 89.5 Å². The summed E-state index contributed by atoms with van der Waals surface area (Å²) < 4.78 is 42.4. The molecule has 2 amide bonds. The normalized spacial score (nSPS) is 21.0. The molecule has 4 rings (SSSR count). The molecule has 3 atom stereocenters. The van der Waals surface area contributed by atoms with E-state index in [-0.39, 0.29) is 30.5 Å². The molecule has 9 heteroatoms. The van der Waals surface area contributed by atoms with Crippen LogP contribution in [0, 0.1) is 11.3 Å². The van der Waals surface area contributed by atoms with Gasteiger partial charge in [0.05, 0.1) is 28.6 Å². The molecule has 1 aliphatic carbocycles. The zero-order valence-corrected chi connectivity index (χ0v) is 19.8. The van der Waals surface area contributed by atoms with E-state index in [0.29, 0.717) is 5.57 Å². The summed E-state index contributed by atoms with van der Waals surface area (Å²) in [5.74, 6) is -3.99. The Kier molecular flexibility index (Phi) is 7.36. The number of aliphatic hydroxyl groups excluding tert-OH is 1. The highest BCUT2D eigenvalue weighted by Crippen LogP contribution is 2.49. The van der Waals surface area contributed by atoms with Crippen LogP contribution in [0.1, 0.15) is 52.0 Å². The number of carboxylic acid groups (broad SMARTS) is 1. The fourth-order valence-electron chi connectivity index (χ4n) is 4.86. The molecule has 1 aliphatic heterocycles. The molecule has 1 heterocycles. The van der Waals surface area contributed by atoms with E-state index in [2.05, 4.69) is 0 Å². The minimum absolute atomic E-state index is 0.207. The van der Waals surface area contributed by atoms with E-state index in [4.69, 9.17) is 0 Å². The Labute approximate surface area is 211 Å². The second-order valence-electron chi connectivity index (χ2n) is 9.36. The molecule has 2 aromatic carbocycles. The SMILES string of the molecule is O=C(O)C(CCN1C(=O)c2ccccc2C1=O)C(O)CCC1(C(F)(F)F)C=CC(c2ccccc2)=CC1. The number of hydrogen-bond donors (Lipinski definition) is 2. The van der Waals surface area contributed by atoms with Gasteiger partial charge >= 0.3 is 12.1 Å². The van der Waals surface area contributed by atoms with Crippen LogP contribution in [0.15, 0.2) is 72.8 Å². The highest BCUT2D eigenvalue weighted by Gasteiger charge is 2.53. The van der Waals surface area contributed by atoms with Gasteiger partial charge in [-0.05, 0) is 49.0 Å². The Morgan fingerprint density at radius 2 is 1.57 bits per heavy atom. The predicted molar refractivity (Wildman–Crippen MR) is 129 cm³/mol. The average Bonchev–Trinajstić information content (AvgIpc) is 3.12. The van der Waals surface area contributed by atoms with Gasteiger partial charge in [-0.1, -0.05) is 60.7 Å². The molecule has 37 heavy (non-hydrogen) atoms. The Morgan fingerprint density at radius 1 is 0.973 bits per heavy atom. The number of alkyl halides is 3. The Balaban J connectivity index is 1.42. The molecule has 2 aliphatic rings. The van der Waals surface area contributed by atoms with E-state index in [1.807, 2.05) is 6.07 Å². The molecule has 0 saturated heterocycles. The summed E-state index contributed by atoms with van der Waals surface area (Å²) in [5.41, 5.74) is -0.380. The monoisotopic (exact) mass is 513 g/mol. The third kappa shape index (κ3) is 5.22. The van der Waals surface area contributed by atoms with Crippen molar-refractivity contribution in [1.29, 1.82) is 0 Å². The summed E-state index contributed by atoms with van der Waals surface area (Å²) in [5, 5.41) is 20.3. The summed E-state index contributed by atoms with van der Waals surface area (Å²) in [6.07, 6.45) is -3.74. The molecule has 0 spiro atoms. The zero-order chi connectivity index (χ0) is 26.8. The van der Waals surface area contributed by atoms with Gasteiger partial charge in [0.25, 0.3) is 11.8 Å². The van der Waals surface area contributed by atoms with E-state index in [1.165, 1.54) is 24.3 Å². The zero-order valence-electron chi connectivity index (χ0n) is 19.8. The second kappa shape index (κ2) is 10.3. The first kappa shape index (κ1) is 26.3. The number of benzene rings is 2. The van der Waals surface area contributed by atoms with Crippen LogP contribution in [0.4, 0.5) is 13.2 Å². The summed E-state index contributed by atoms with van der Waals surface area (Å²) in [6.45, 7) is -0.270. The summed E-state index contributed by atoms with van der Waals surface area (Å²) >= 11 is 0. The first-order chi connectivity index (χ1) is 17.5. The van der Waals surface area contributed by atoms with Gasteiger partial charge in [0.2, 0.25) is 0 Å². The van der Waals surface area contributed by atoms with Crippen molar-refractivity contribution in [2.45, 2.75) is 38.0 Å². The number of hydrogen-bond acceptors (Lipinski definition) is 4. The standard InChI is InChI=1S/C28H26F3NO5/c29-28(30,31)27(14-10-19(11-15-27)18-6-2-1-3-7-18)16-12-23(33)22(26(36)37)13-17-32-24(34)20-8-4-5-9-21(20)25(32)35/h1-11,14,22-23,33H,12-13,15-17H2,(H,36,37). The molecule has 2 N–H and O–H groups in total. The number of carbonyl (C=O) groups is 3. The third-order valence-corrected chi connectivity index (χ3v) is 7.15. The number of imide groups is 1. The van der Waals surface area contributed by atoms with E-state index in [0.717, 1.165) is 16.5 Å². The topological polar surface area (TPSA) is 94.9 Å². The van der Waals surface area contributed by atoms with Crippen molar-refractivity contribution in [2.75, 3.05) is 6.54 Å². The van der Waals surface area contributed by atoms with Crippen LogP contribution >= 0.6 is 0 Å². The number of amides is 2. The first-order valence-electron chi connectivity index (χ1n) is 11.9. The average molecular weight is 514 g/mol. The molecule has 6 nitrogen and oxygen atoms in total. The summed E-state index contributed by atoms with van der Waals surface area (Å²) in [4.78, 5) is 37.8. The number of fused-ring (bicyclic) bond motifs is 1. The van der Waals surface area contributed by atoms with Crippen molar-refractivity contribution >= 4 is 23.4 Å². The molecule has 0 saturated carbocycles. The maximum Gasteiger partial charge on any atom is 0.398 e. The Bertz CT molecular complexity index is 1220. The number of halogens is 3. The lowest BCUT2D eigenvalue weighted by atomic mass is 9.74. The summed E-state index contributed by atoms with van der Waals surface area (Å²) in [6, 6.07) is 15.2.